The number of likely N-dealkylation sites (tertiary alicyclic amines) is 1. The highest BCUT2D eigenvalue weighted by molar-refractivity contribution is 5.86. The molecule has 6 nitrogen and oxygen atoms in total. The van der Waals surface area contributed by atoms with Crippen molar-refractivity contribution < 1.29 is 14.3 Å². The molecule has 0 spiro atoms. The van der Waals surface area contributed by atoms with Crippen molar-refractivity contribution in [1.29, 1.82) is 0 Å². The Morgan fingerprint density at radius 3 is 2.43 bits per heavy atom. The molecular formula is C17H33N3O3. The van der Waals surface area contributed by atoms with Crippen molar-refractivity contribution in [2.75, 3.05) is 52.5 Å². The average molecular weight is 327 g/mol. The third-order valence-corrected chi connectivity index (χ3v) is 5.20. The van der Waals surface area contributed by atoms with E-state index >= 15 is 0 Å². The summed E-state index contributed by atoms with van der Waals surface area (Å²) in [5.74, 6) is 0.0994. The Morgan fingerprint density at radius 1 is 1.26 bits per heavy atom. The van der Waals surface area contributed by atoms with Crippen LogP contribution in [0.15, 0.2) is 0 Å². The Kier molecular flexibility index (Phi) is 7.27. The van der Waals surface area contributed by atoms with Crippen molar-refractivity contribution in [3.8, 4) is 0 Å². The summed E-state index contributed by atoms with van der Waals surface area (Å²) in [5, 5.41) is 0. The van der Waals surface area contributed by atoms with Crippen LogP contribution in [0.3, 0.4) is 0 Å². The molecule has 2 rings (SSSR count). The lowest BCUT2D eigenvalue weighted by atomic mass is 9.89. The molecule has 0 aliphatic carbocycles. The number of nitrogens with two attached hydrogens (primary N) is 1. The Hall–Kier alpha value is -0.690. The van der Waals surface area contributed by atoms with Gasteiger partial charge in [-0.15, -0.1) is 0 Å². The highest BCUT2D eigenvalue weighted by atomic mass is 16.5. The number of rotatable bonds is 7. The summed E-state index contributed by atoms with van der Waals surface area (Å²) in [6.45, 7) is 10.9. The molecular weight excluding hydrogens is 294 g/mol. The second-order valence-electron chi connectivity index (χ2n) is 6.66. The lowest BCUT2D eigenvalue weighted by molar-refractivity contribution is -0.143. The molecule has 0 atom stereocenters. The fourth-order valence-corrected chi connectivity index (χ4v) is 3.38. The van der Waals surface area contributed by atoms with Crippen LogP contribution >= 0.6 is 0 Å². The topological polar surface area (TPSA) is 68.0 Å². The van der Waals surface area contributed by atoms with Crippen LogP contribution in [0.4, 0.5) is 0 Å². The van der Waals surface area contributed by atoms with Gasteiger partial charge in [0.15, 0.2) is 0 Å². The highest BCUT2D eigenvalue weighted by Crippen LogP contribution is 2.23. The summed E-state index contributed by atoms with van der Waals surface area (Å²) in [5.41, 5.74) is 5.59. The first kappa shape index (κ1) is 18.6. The van der Waals surface area contributed by atoms with Crippen LogP contribution in [-0.2, 0) is 14.3 Å². The lowest BCUT2D eigenvalue weighted by Crippen LogP contribution is -2.59. The van der Waals surface area contributed by atoms with Crippen molar-refractivity contribution in [3.05, 3.63) is 0 Å². The first-order chi connectivity index (χ1) is 11.1. The van der Waals surface area contributed by atoms with Gasteiger partial charge in [-0.25, -0.2) is 0 Å². The van der Waals surface area contributed by atoms with Crippen molar-refractivity contribution in [2.24, 2.45) is 5.73 Å². The lowest BCUT2D eigenvalue weighted by Gasteiger charge is -2.39. The average Bonchev–Trinajstić information content (AvgIpc) is 2.59. The molecule has 2 N–H and O–H groups in total. The van der Waals surface area contributed by atoms with E-state index in [4.69, 9.17) is 15.2 Å². The van der Waals surface area contributed by atoms with Gasteiger partial charge < -0.3 is 25.0 Å². The van der Waals surface area contributed by atoms with Crippen molar-refractivity contribution in [1.82, 2.24) is 9.80 Å². The minimum atomic E-state index is -0.714. The molecule has 134 valence electrons. The molecule has 0 radical (unpaired) electrons. The number of ether oxygens (including phenoxy) is 2. The highest BCUT2D eigenvalue weighted by Gasteiger charge is 2.39. The summed E-state index contributed by atoms with van der Waals surface area (Å²) < 4.78 is 11.3. The summed E-state index contributed by atoms with van der Waals surface area (Å²) in [6, 6.07) is 0. The molecule has 2 aliphatic heterocycles. The number of piperidine rings is 1. The zero-order valence-corrected chi connectivity index (χ0v) is 14.8. The van der Waals surface area contributed by atoms with Crippen LogP contribution in [0, 0.1) is 0 Å². The van der Waals surface area contributed by atoms with Crippen LogP contribution < -0.4 is 5.73 Å². The Morgan fingerprint density at radius 2 is 1.87 bits per heavy atom. The van der Waals surface area contributed by atoms with Gasteiger partial charge in [0.1, 0.15) is 0 Å². The minimum Gasteiger partial charge on any atom is -0.381 e. The third-order valence-electron chi connectivity index (χ3n) is 5.20. The molecule has 0 aromatic rings. The SMILES string of the molecule is CCN(CC)CCOC1CCN(C(=O)C2(N)CCOCC2)CC1. The first-order valence-corrected chi connectivity index (χ1v) is 9.09. The van der Waals surface area contributed by atoms with E-state index in [1.807, 2.05) is 4.90 Å². The summed E-state index contributed by atoms with van der Waals surface area (Å²) in [6.07, 6.45) is 3.36. The molecule has 2 saturated heterocycles. The number of hydrogen-bond acceptors (Lipinski definition) is 5. The quantitative estimate of drug-likeness (QED) is 0.751. The monoisotopic (exact) mass is 327 g/mol. The molecule has 2 fully saturated rings. The van der Waals surface area contributed by atoms with Gasteiger partial charge in [0.25, 0.3) is 0 Å². The smallest absolute Gasteiger partial charge is 0.242 e. The normalized spacial score (nSPS) is 22.5. The number of carbonyl (C=O) groups is 1. The van der Waals surface area contributed by atoms with Crippen molar-refractivity contribution >= 4 is 5.91 Å². The molecule has 0 aromatic carbocycles. The van der Waals surface area contributed by atoms with Gasteiger partial charge in [0, 0.05) is 32.8 Å². The molecule has 0 aromatic heterocycles. The first-order valence-electron chi connectivity index (χ1n) is 9.09. The summed E-state index contributed by atoms with van der Waals surface area (Å²) in [7, 11) is 0. The van der Waals surface area contributed by atoms with Crippen LogP contribution in [0.2, 0.25) is 0 Å². The number of nitrogens with zero attached hydrogens (tertiary/aromatic N) is 2. The van der Waals surface area contributed by atoms with E-state index in [1.165, 1.54) is 0 Å². The predicted octanol–water partition coefficient (Wildman–Crippen LogP) is 0.844. The zero-order valence-electron chi connectivity index (χ0n) is 14.8. The van der Waals surface area contributed by atoms with Gasteiger partial charge in [-0.1, -0.05) is 13.8 Å². The Balaban J connectivity index is 1.70. The molecule has 23 heavy (non-hydrogen) atoms. The maximum atomic E-state index is 12.7. The summed E-state index contributed by atoms with van der Waals surface area (Å²) in [4.78, 5) is 16.9. The van der Waals surface area contributed by atoms with Crippen molar-refractivity contribution in [3.63, 3.8) is 0 Å². The Labute approximate surface area is 140 Å². The number of amides is 1. The van der Waals surface area contributed by atoms with Gasteiger partial charge in [-0.2, -0.15) is 0 Å². The van der Waals surface area contributed by atoms with E-state index in [1.54, 1.807) is 0 Å². The van der Waals surface area contributed by atoms with Gasteiger partial charge in [0.05, 0.1) is 18.2 Å². The van der Waals surface area contributed by atoms with E-state index in [2.05, 4.69) is 18.7 Å². The van der Waals surface area contributed by atoms with E-state index < -0.39 is 5.54 Å². The van der Waals surface area contributed by atoms with Crippen LogP contribution in [-0.4, -0.2) is 79.9 Å². The molecule has 2 heterocycles. The molecule has 0 unspecified atom stereocenters. The number of hydrogen-bond donors (Lipinski definition) is 1. The molecule has 0 bridgehead atoms. The molecule has 1 amide bonds. The van der Waals surface area contributed by atoms with E-state index in [0.717, 1.165) is 52.2 Å². The maximum Gasteiger partial charge on any atom is 0.242 e. The minimum absolute atomic E-state index is 0.0994. The van der Waals surface area contributed by atoms with E-state index in [-0.39, 0.29) is 12.0 Å². The zero-order chi connectivity index (χ0) is 16.7. The predicted molar refractivity (Wildman–Crippen MR) is 90.3 cm³/mol. The molecule has 2 aliphatic rings. The van der Waals surface area contributed by atoms with Crippen LogP contribution in [0.1, 0.15) is 39.5 Å². The largest absolute Gasteiger partial charge is 0.381 e. The maximum absolute atomic E-state index is 12.7. The van der Waals surface area contributed by atoms with Crippen LogP contribution in [0.25, 0.3) is 0 Å². The van der Waals surface area contributed by atoms with Gasteiger partial charge in [0.2, 0.25) is 5.91 Å². The third kappa shape index (κ3) is 5.14. The molecule has 6 heteroatoms. The van der Waals surface area contributed by atoms with E-state index in [0.29, 0.717) is 26.1 Å². The fraction of sp³-hybridized carbons (Fsp3) is 0.941. The fourth-order valence-electron chi connectivity index (χ4n) is 3.38. The summed E-state index contributed by atoms with van der Waals surface area (Å²) >= 11 is 0. The van der Waals surface area contributed by atoms with Gasteiger partial charge >= 0.3 is 0 Å². The van der Waals surface area contributed by atoms with E-state index in [9.17, 15) is 4.79 Å². The Bertz CT molecular complexity index is 360. The number of likely N-dealkylation sites (N-methyl/N-ethyl adjacent to an activating group) is 1. The van der Waals surface area contributed by atoms with Crippen molar-refractivity contribution in [2.45, 2.75) is 51.2 Å². The van der Waals surface area contributed by atoms with Crippen LogP contribution in [0.5, 0.6) is 0 Å². The number of carbonyl (C=O) groups excluding carboxylic acids is 1. The second-order valence-corrected chi connectivity index (χ2v) is 6.66. The van der Waals surface area contributed by atoms with Gasteiger partial charge in [-0.05, 0) is 38.8 Å². The molecule has 0 saturated carbocycles. The van der Waals surface area contributed by atoms with Gasteiger partial charge in [-0.3, -0.25) is 4.79 Å². The standard InChI is InChI=1S/C17H33N3O3/c1-3-19(4-2)11-14-23-15-5-9-20(10-6-15)16(21)17(18)7-12-22-13-8-17/h15H,3-14,18H2,1-2H3. The second kappa shape index (κ2) is 8.97.